The van der Waals surface area contributed by atoms with Gasteiger partial charge in [-0.25, -0.2) is 0 Å². The van der Waals surface area contributed by atoms with Crippen molar-refractivity contribution in [2.24, 2.45) is 112 Å². The summed E-state index contributed by atoms with van der Waals surface area (Å²) in [4.78, 5) is 0. The lowest BCUT2D eigenvalue weighted by atomic mass is 9.64. The molecule has 0 saturated heterocycles. The Morgan fingerprint density at radius 2 is 0.427 bits per heavy atom. The topological polar surface area (TPSA) is 121 Å². The summed E-state index contributed by atoms with van der Waals surface area (Å²) < 4.78 is 0. The second kappa shape index (κ2) is 43.7. The Morgan fingerprint density at radius 1 is 0.214 bits per heavy atom. The predicted octanol–water partition coefficient (Wildman–Crippen LogP) is 27.7. The molecule has 0 spiro atoms. The average molecular weight is 1400 g/mol. The van der Waals surface area contributed by atoms with Crippen molar-refractivity contribution in [3.05, 3.63) is 218 Å². The van der Waals surface area contributed by atoms with E-state index in [9.17, 15) is 15.3 Å². The van der Waals surface area contributed by atoms with Crippen LogP contribution in [0.1, 0.15) is 200 Å². The minimum Gasteiger partial charge on any atom is -0.508 e. The maximum Gasteiger partial charge on any atom is 0.123 e. The molecule has 0 amide bonds. The zero-order chi connectivity index (χ0) is 73.7. The Labute approximate surface area is 624 Å². The predicted molar refractivity (Wildman–Crippen MR) is 442 cm³/mol. The molecule has 0 aliphatic heterocycles. The fourth-order valence-electron chi connectivity index (χ4n) is 21.0. The highest BCUT2D eigenvalue weighted by Crippen LogP contribution is 2.73. The van der Waals surface area contributed by atoms with Gasteiger partial charge in [0.1, 0.15) is 34.5 Å². The summed E-state index contributed by atoms with van der Waals surface area (Å²) in [6, 6.07) is 66.0. The van der Waals surface area contributed by atoms with Crippen LogP contribution in [-0.4, -0.2) is 30.6 Å². The lowest BCUT2D eigenvalue weighted by Gasteiger charge is -2.40. The molecule has 560 valence electrons. The Balaban J connectivity index is 0.000000181. The lowest BCUT2D eigenvalue weighted by molar-refractivity contribution is 0.0716. The van der Waals surface area contributed by atoms with Gasteiger partial charge in [-0.15, -0.1) is 0 Å². The van der Waals surface area contributed by atoms with Crippen LogP contribution < -0.4 is 0 Å². The molecule has 11 fully saturated rings. The molecule has 11 saturated carbocycles. The van der Waals surface area contributed by atoms with E-state index in [4.69, 9.17) is 15.3 Å². The minimum absolute atomic E-state index is 0. The van der Waals surface area contributed by atoms with Gasteiger partial charge in [0.15, 0.2) is 0 Å². The standard InChI is InChI=1S/C16H24.2C11H18.3C10H8O.3C6H6O.5C2H6.CH4/c1-8-4-11-12(5-8)14-7-13(11)15-9-2-3-10(6-9)16(14)15;2*1-7-4-10-8-2-3-9(6-8)11(10)5-7;3*11-10-7-3-5-8-4-1-2-6-9(8)10;3*7-6-4-2-1-3-5-6;5*1-2;/h8-16H,2-7H2,1H3;2*7-11H,2-6H2,1H3;3*1-7,11H;3*1-5,7H;5*1-2H3;1H4. The van der Waals surface area contributed by atoms with Crippen molar-refractivity contribution >= 4 is 32.3 Å². The third-order valence-electron chi connectivity index (χ3n) is 24.4. The van der Waals surface area contributed by atoms with Crippen molar-refractivity contribution in [3.8, 4) is 34.5 Å². The zero-order valence-corrected chi connectivity index (χ0v) is 64.8. The molecule has 9 aromatic rings. The van der Waals surface area contributed by atoms with Crippen LogP contribution in [0.15, 0.2) is 218 Å². The molecule has 0 radical (unpaired) electrons. The van der Waals surface area contributed by atoms with E-state index in [2.05, 4.69) is 20.8 Å². The number of phenolic OH excluding ortho intramolecular Hbond substituents is 6. The second-order valence-electron chi connectivity index (χ2n) is 29.9. The Hall–Kier alpha value is -7.44. The zero-order valence-electron chi connectivity index (χ0n) is 64.8. The van der Waals surface area contributed by atoms with Gasteiger partial charge in [-0.2, -0.15) is 0 Å². The molecule has 20 rings (SSSR count). The Kier molecular flexibility index (Phi) is 35.9. The van der Waals surface area contributed by atoms with E-state index in [1.165, 1.54) is 94.7 Å². The second-order valence-corrected chi connectivity index (χ2v) is 29.9. The summed E-state index contributed by atoms with van der Waals surface area (Å²) >= 11 is 0. The molecule has 16 atom stereocenters. The van der Waals surface area contributed by atoms with E-state index in [-0.39, 0.29) is 7.43 Å². The van der Waals surface area contributed by atoms with Gasteiger partial charge in [0.25, 0.3) is 0 Å². The van der Waals surface area contributed by atoms with Gasteiger partial charge in [-0.1, -0.05) is 261 Å². The Morgan fingerprint density at radius 3 is 0.670 bits per heavy atom. The highest BCUT2D eigenvalue weighted by atomic mass is 16.3. The van der Waals surface area contributed by atoms with E-state index in [1.807, 2.05) is 197 Å². The number of benzene rings is 9. The maximum atomic E-state index is 9.37. The molecule has 11 aliphatic rings. The first-order valence-corrected chi connectivity index (χ1v) is 40.6. The number of phenols is 6. The van der Waals surface area contributed by atoms with Crippen LogP contribution in [0, 0.1) is 112 Å². The van der Waals surface area contributed by atoms with Gasteiger partial charge in [-0.3, -0.25) is 0 Å². The number of para-hydroxylation sites is 3. The van der Waals surface area contributed by atoms with Crippen LogP contribution in [-0.2, 0) is 0 Å². The van der Waals surface area contributed by atoms with Gasteiger partial charge in [-0.05, 0) is 286 Å². The van der Waals surface area contributed by atoms with Crippen LogP contribution in [0.5, 0.6) is 34.5 Å². The van der Waals surface area contributed by atoms with Crippen LogP contribution in [0.4, 0.5) is 0 Å². The lowest BCUT2D eigenvalue weighted by Crippen LogP contribution is -2.35. The third-order valence-corrected chi connectivity index (χ3v) is 24.4. The van der Waals surface area contributed by atoms with Gasteiger partial charge < -0.3 is 30.6 Å². The first kappa shape index (κ1) is 84.5. The molecule has 6 N–H and O–H groups in total. The SMILES string of the molecule is C.CC.CC.CC.CC.CC.CC1CC2C(C1)C1CC2C2C3CCC(C3)C12.CC1CC2C3CCC(C3)C2C1.CC1CC2C3CCC(C3)C2C1.Oc1cccc2ccccc12.Oc1cccc2ccccc12.Oc1cccc2ccccc12.Oc1ccccc1.Oc1ccccc1.Oc1ccccc1. The summed E-state index contributed by atoms with van der Waals surface area (Å²) in [5.41, 5.74) is 0. The van der Waals surface area contributed by atoms with Crippen LogP contribution >= 0.6 is 0 Å². The smallest absolute Gasteiger partial charge is 0.123 e. The van der Waals surface area contributed by atoms with Crippen molar-refractivity contribution in [1.29, 1.82) is 0 Å². The molecule has 0 aromatic heterocycles. The number of hydrogen-bond acceptors (Lipinski definition) is 6. The van der Waals surface area contributed by atoms with Crippen molar-refractivity contribution in [1.82, 2.24) is 0 Å². The fraction of sp³-hybridized carbons (Fsp3) is 0.505. The van der Waals surface area contributed by atoms with Crippen molar-refractivity contribution in [3.63, 3.8) is 0 Å². The normalized spacial score (nSPS) is 29.0. The Bertz CT molecular complexity index is 3350. The molecular formula is C97H136O6. The van der Waals surface area contributed by atoms with Crippen molar-refractivity contribution in [2.45, 2.75) is 200 Å². The first-order chi connectivity index (χ1) is 49.8. The summed E-state index contributed by atoms with van der Waals surface area (Å²) in [6.07, 6.45) is 25.6. The first-order valence-electron chi connectivity index (χ1n) is 40.6. The summed E-state index contributed by atoms with van der Waals surface area (Å²) in [5, 5.41) is 60.0. The molecule has 9 aromatic carbocycles. The monoisotopic (exact) mass is 1400 g/mol. The van der Waals surface area contributed by atoms with Gasteiger partial charge in [0, 0.05) is 16.2 Å². The number of rotatable bonds is 0. The highest BCUT2D eigenvalue weighted by Gasteiger charge is 2.66. The van der Waals surface area contributed by atoms with E-state index < -0.39 is 0 Å². The molecule has 6 heteroatoms. The van der Waals surface area contributed by atoms with Crippen LogP contribution in [0.2, 0.25) is 0 Å². The molecule has 0 heterocycles. The van der Waals surface area contributed by atoms with Gasteiger partial charge >= 0.3 is 0 Å². The van der Waals surface area contributed by atoms with E-state index >= 15 is 0 Å². The molecule has 16 unspecified atom stereocenters. The van der Waals surface area contributed by atoms with Crippen molar-refractivity contribution in [2.75, 3.05) is 0 Å². The average Bonchev–Trinajstić information content (AvgIpc) is 1.53. The molecule has 103 heavy (non-hydrogen) atoms. The summed E-state index contributed by atoms with van der Waals surface area (Å²) in [7, 11) is 0. The quantitative estimate of drug-likeness (QED) is 0.0842. The number of aromatic hydroxyl groups is 6. The fourth-order valence-corrected chi connectivity index (χ4v) is 21.0. The third kappa shape index (κ3) is 22.3. The number of hydrogen-bond donors (Lipinski definition) is 6. The number of fused-ring (bicyclic) bond motifs is 25. The van der Waals surface area contributed by atoms with Gasteiger partial charge in [0.05, 0.1) is 0 Å². The summed E-state index contributed by atoms with van der Waals surface area (Å²) in [5.74, 6) is 24.3. The van der Waals surface area contributed by atoms with Crippen LogP contribution in [0.25, 0.3) is 32.3 Å². The highest BCUT2D eigenvalue weighted by molar-refractivity contribution is 5.89. The minimum atomic E-state index is 0. The molecular weight excluding hydrogens is 1260 g/mol. The van der Waals surface area contributed by atoms with Crippen molar-refractivity contribution < 1.29 is 30.6 Å². The van der Waals surface area contributed by atoms with Gasteiger partial charge in [0.2, 0.25) is 0 Å². The molecule has 8 bridgehead atoms. The van der Waals surface area contributed by atoms with Crippen LogP contribution in [0.3, 0.4) is 0 Å². The maximum absolute atomic E-state index is 9.37. The van der Waals surface area contributed by atoms with E-state index in [0.29, 0.717) is 34.5 Å². The summed E-state index contributed by atoms with van der Waals surface area (Å²) in [6.45, 7) is 27.4. The molecule has 11 aliphatic carbocycles. The van der Waals surface area contributed by atoms with E-state index in [0.717, 1.165) is 50.1 Å². The molecule has 6 nitrogen and oxygen atoms in total. The largest absolute Gasteiger partial charge is 0.508 e. The van der Waals surface area contributed by atoms with E-state index in [1.54, 1.807) is 194 Å².